The number of anilines is 1. The second kappa shape index (κ2) is 2.98. The Morgan fingerprint density at radius 1 is 1.67 bits per heavy atom. The minimum absolute atomic E-state index is 0.221. The number of hydrazine groups is 1. The summed E-state index contributed by atoms with van der Waals surface area (Å²) in [5.74, 6) is -0.511. The van der Waals surface area contributed by atoms with E-state index in [1.54, 1.807) is 11.3 Å². The van der Waals surface area contributed by atoms with Crippen molar-refractivity contribution in [3.05, 3.63) is 17.9 Å². The number of nitrogens with zero attached hydrogens (tertiary/aromatic N) is 1. The van der Waals surface area contributed by atoms with E-state index in [4.69, 9.17) is 9.52 Å². The first kappa shape index (κ1) is 8.75. The summed E-state index contributed by atoms with van der Waals surface area (Å²) >= 11 is 0. The topological polar surface area (TPSA) is 77.7 Å². The fourth-order valence-corrected chi connectivity index (χ4v) is 2.13. The molecule has 0 radical (unpaired) electrons. The summed E-state index contributed by atoms with van der Waals surface area (Å²) < 4.78 is 5.33. The van der Waals surface area contributed by atoms with Gasteiger partial charge in [-0.05, 0) is 6.07 Å². The smallest absolute Gasteiger partial charge is 0.311 e. The maximum absolute atomic E-state index is 11.0. The van der Waals surface area contributed by atoms with E-state index in [-0.39, 0.29) is 6.17 Å². The molecular formula is C9H11N3O3. The van der Waals surface area contributed by atoms with Crippen molar-refractivity contribution in [1.82, 2.24) is 10.7 Å². The Balaban J connectivity index is 1.94. The average Bonchev–Trinajstić information content (AvgIpc) is 2.82. The standard InChI is InChI=1S/C9H11N3O3/c13-9(14)6-4-11-12-7(6)10-3-5-1-2-15-8(5)12/h1-2,6-7,10-11H,3-4H2,(H,13,14). The fraction of sp³-hybridized carbons (Fsp3) is 0.444. The van der Waals surface area contributed by atoms with Crippen LogP contribution in [0.15, 0.2) is 16.7 Å². The Morgan fingerprint density at radius 2 is 2.53 bits per heavy atom. The van der Waals surface area contributed by atoms with Crippen LogP contribution in [0.2, 0.25) is 0 Å². The van der Waals surface area contributed by atoms with Gasteiger partial charge < -0.3 is 9.52 Å². The van der Waals surface area contributed by atoms with Crippen LogP contribution in [0.5, 0.6) is 0 Å². The van der Waals surface area contributed by atoms with E-state index < -0.39 is 11.9 Å². The molecule has 0 saturated carbocycles. The van der Waals surface area contributed by atoms with Crippen LogP contribution in [0.3, 0.4) is 0 Å². The maximum Gasteiger partial charge on any atom is 0.311 e. The number of rotatable bonds is 1. The van der Waals surface area contributed by atoms with E-state index in [1.807, 2.05) is 6.07 Å². The predicted molar refractivity (Wildman–Crippen MR) is 50.9 cm³/mol. The lowest BCUT2D eigenvalue weighted by molar-refractivity contribution is -0.141. The number of carboxylic acids is 1. The van der Waals surface area contributed by atoms with Gasteiger partial charge in [-0.15, -0.1) is 0 Å². The quantitative estimate of drug-likeness (QED) is 0.591. The first-order valence-electron chi connectivity index (χ1n) is 4.82. The summed E-state index contributed by atoms with van der Waals surface area (Å²) in [5, 5.41) is 14.0. The molecule has 1 saturated heterocycles. The molecule has 1 aromatic heterocycles. The molecule has 2 aliphatic rings. The SMILES string of the molecule is O=C(O)C1CNN2c3occc3CNC12. The van der Waals surface area contributed by atoms with Crippen LogP contribution < -0.4 is 15.8 Å². The van der Waals surface area contributed by atoms with Gasteiger partial charge in [-0.3, -0.25) is 15.1 Å². The van der Waals surface area contributed by atoms with Gasteiger partial charge in [0.05, 0.1) is 6.26 Å². The van der Waals surface area contributed by atoms with Crippen molar-refractivity contribution >= 4 is 11.9 Å². The molecule has 2 unspecified atom stereocenters. The molecule has 0 aromatic carbocycles. The van der Waals surface area contributed by atoms with Gasteiger partial charge in [-0.1, -0.05) is 0 Å². The van der Waals surface area contributed by atoms with Crippen molar-refractivity contribution in [3.8, 4) is 0 Å². The Kier molecular flexibility index (Phi) is 1.74. The molecule has 15 heavy (non-hydrogen) atoms. The highest BCUT2D eigenvalue weighted by atomic mass is 16.4. The van der Waals surface area contributed by atoms with Gasteiger partial charge in [0.1, 0.15) is 12.1 Å². The van der Waals surface area contributed by atoms with E-state index >= 15 is 0 Å². The number of carboxylic acid groups (broad SMARTS) is 1. The summed E-state index contributed by atoms with van der Waals surface area (Å²) in [7, 11) is 0. The summed E-state index contributed by atoms with van der Waals surface area (Å²) in [6.45, 7) is 1.08. The molecule has 3 rings (SSSR count). The normalized spacial score (nSPS) is 28.7. The second-order valence-corrected chi connectivity index (χ2v) is 3.75. The summed E-state index contributed by atoms with van der Waals surface area (Å²) in [4.78, 5) is 11.0. The van der Waals surface area contributed by atoms with Crippen molar-refractivity contribution in [2.45, 2.75) is 12.7 Å². The van der Waals surface area contributed by atoms with Crippen molar-refractivity contribution in [2.75, 3.05) is 11.6 Å². The van der Waals surface area contributed by atoms with Crippen LogP contribution >= 0.6 is 0 Å². The highest BCUT2D eigenvalue weighted by Gasteiger charge is 2.42. The van der Waals surface area contributed by atoms with Gasteiger partial charge >= 0.3 is 5.97 Å². The molecule has 6 nitrogen and oxygen atoms in total. The first-order valence-corrected chi connectivity index (χ1v) is 4.82. The number of aliphatic carboxylic acids is 1. The number of nitrogens with one attached hydrogen (secondary N) is 2. The molecule has 2 atom stereocenters. The van der Waals surface area contributed by atoms with Crippen molar-refractivity contribution in [2.24, 2.45) is 5.92 Å². The zero-order valence-corrected chi connectivity index (χ0v) is 7.93. The largest absolute Gasteiger partial charge is 0.481 e. The van der Waals surface area contributed by atoms with Crippen LogP contribution in [0.1, 0.15) is 5.56 Å². The van der Waals surface area contributed by atoms with Crippen molar-refractivity contribution < 1.29 is 14.3 Å². The van der Waals surface area contributed by atoms with Gasteiger partial charge in [0, 0.05) is 18.7 Å². The lowest BCUT2D eigenvalue weighted by Crippen LogP contribution is -2.51. The van der Waals surface area contributed by atoms with Crippen molar-refractivity contribution in [3.63, 3.8) is 0 Å². The lowest BCUT2D eigenvalue weighted by atomic mass is 10.1. The second-order valence-electron chi connectivity index (χ2n) is 3.75. The Hall–Kier alpha value is -1.53. The third-order valence-corrected chi connectivity index (χ3v) is 2.90. The first-order chi connectivity index (χ1) is 7.27. The Labute approximate surface area is 85.8 Å². The Bertz CT molecular complexity index is 403. The van der Waals surface area contributed by atoms with Crippen LogP contribution in [0.4, 0.5) is 5.88 Å². The van der Waals surface area contributed by atoms with Gasteiger partial charge in [-0.25, -0.2) is 5.43 Å². The lowest BCUT2D eigenvalue weighted by Gasteiger charge is -2.31. The minimum Gasteiger partial charge on any atom is -0.481 e. The molecule has 0 spiro atoms. The number of furan rings is 1. The van der Waals surface area contributed by atoms with E-state index in [2.05, 4.69) is 10.7 Å². The fourth-order valence-electron chi connectivity index (χ4n) is 2.13. The highest BCUT2D eigenvalue weighted by Crippen LogP contribution is 2.30. The molecule has 1 fully saturated rings. The van der Waals surface area contributed by atoms with E-state index in [0.717, 1.165) is 11.4 Å². The van der Waals surface area contributed by atoms with Gasteiger partial charge in [0.15, 0.2) is 0 Å². The molecule has 3 heterocycles. The molecule has 0 aliphatic carbocycles. The van der Waals surface area contributed by atoms with E-state index in [1.165, 1.54) is 0 Å². The van der Waals surface area contributed by atoms with Crippen LogP contribution in [0, 0.1) is 5.92 Å². The van der Waals surface area contributed by atoms with Gasteiger partial charge in [0.2, 0.25) is 5.88 Å². The number of hydrogen-bond acceptors (Lipinski definition) is 5. The van der Waals surface area contributed by atoms with Crippen molar-refractivity contribution in [1.29, 1.82) is 0 Å². The maximum atomic E-state index is 11.0. The minimum atomic E-state index is -0.794. The predicted octanol–water partition coefficient (Wildman–Crippen LogP) is -0.266. The number of hydrogen-bond donors (Lipinski definition) is 3. The molecule has 3 N–H and O–H groups in total. The third kappa shape index (κ3) is 1.15. The summed E-state index contributed by atoms with van der Waals surface area (Å²) in [6, 6.07) is 1.88. The monoisotopic (exact) mass is 209 g/mol. The van der Waals surface area contributed by atoms with Crippen LogP contribution in [-0.4, -0.2) is 23.8 Å². The highest BCUT2D eigenvalue weighted by molar-refractivity contribution is 5.73. The molecule has 6 heteroatoms. The van der Waals surface area contributed by atoms with Gasteiger partial charge in [0.25, 0.3) is 0 Å². The Morgan fingerprint density at radius 3 is 3.33 bits per heavy atom. The zero-order valence-electron chi connectivity index (χ0n) is 7.93. The molecule has 2 aliphatic heterocycles. The number of carbonyl (C=O) groups is 1. The third-order valence-electron chi connectivity index (χ3n) is 2.90. The van der Waals surface area contributed by atoms with Crippen LogP contribution in [-0.2, 0) is 11.3 Å². The molecule has 1 aromatic rings. The van der Waals surface area contributed by atoms with E-state index in [0.29, 0.717) is 13.1 Å². The van der Waals surface area contributed by atoms with Crippen LogP contribution in [0.25, 0.3) is 0 Å². The number of fused-ring (bicyclic) bond motifs is 3. The molecule has 80 valence electrons. The van der Waals surface area contributed by atoms with Gasteiger partial charge in [-0.2, -0.15) is 0 Å². The molecule has 0 amide bonds. The molecule has 0 bridgehead atoms. The zero-order chi connectivity index (χ0) is 10.4. The average molecular weight is 209 g/mol. The summed E-state index contributed by atoms with van der Waals surface area (Å²) in [6.07, 6.45) is 1.39. The molecular weight excluding hydrogens is 198 g/mol. The summed E-state index contributed by atoms with van der Waals surface area (Å²) in [5.41, 5.74) is 4.07. The van der Waals surface area contributed by atoms with E-state index in [9.17, 15) is 4.79 Å².